The first kappa shape index (κ1) is 27.5. The molecule has 0 heterocycles. The van der Waals surface area contributed by atoms with Crippen LogP contribution < -0.4 is 4.74 Å². The Morgan fingerprint density at radius 2 is 1.50 bits per heavy atom. The Bertz CT molecular complexity index is 1380. The molecule has 0 N–H and O–H groups in total. The van der Waals surface area contributed by atoms with E-state index >= 15 is 0 Å². The zero-order chi connectivity index (χ0) is 26.9. The summed E-state index contributed by atoms with van der Waals surface area (Å²) in [6.45, 7) is 4.80. The molecule has 0 spiro atoms. The summed E-state index contributed by atoms with van der Waals surface area (Å²) in [6.07, 6.45) is -3.50. The van der Waals surface area contributed by atoms with E-state index in [1.807, 2.05) is 0 Å². The summed E-state index contributed by atoms with van der Waals surface area (Å²) in [4.78, 5) is 12.0. The Labute approximate surface area is 212 Å². The molecule has 36 heavy (non-hydrogen) atoms. The van der Waals surface area contributed by atoms with Gasteiger partial charge in [0.05, 0.1) is 10.5 Å². The summed E-state index contributed by atoms with van der Waals surface area (Å²) < 4.78 is 75.0. The third-order valence-corrected chi connectivity index (χ3v) is 6.29. The number of carbonyl (C=O) groups is 1. The van der Waals surface area contributed by atoms with E-state index in [0.29, 0.717) is 21.7 Å². The highest BCUT2D eigenvalue weighted by Gasteiger charge is 2.30. The van der Waals surface area contributed by atoms with Gasteiger partial charge >= 0.3 is 12.1 Å². The quantitative estimate of drug-likeness (QED) is 0.321. The lowest BCUT2D eigenvalue weighted by molar-refractivity contribution is -0.157. The molecular formula is C26H24ClF3O5S. The predicted molar refractivity (Wildman–Crippen MR) is 132 cm³/mol. The number of halogens is 4. The van der Waals surface area contributed by atoms with Gasteiger partial charge in [0, 0.05) is 22.4 Å². The minimum Gasteiger partial charge on any atom is -0.481 e. The van der Waals surface area contributed by atoms with Crippen LogP contribution in [0.3, 0.4) is 0 Å². The van der Waals surface area contributed by atoms with Gasteiger partial charge in [0.15, 0.2) is 16.4 Å². The molecule has 3 aromatic rings. The van der Waals surface area contributed by atoms with E-state index < -0.39 is 33.1 Å². The summed E-state index contributed by atoms with van der Waals surface area (Å²) in [7, 11) is -3.79. The van der Waals surface area contributed by atoms with E-state index in [1.54, 1.807) is 45.0 Å². The van der Waals surface area contributed by atoms with Gasteiger partial charge in [-0.05, 0) is 68.3 Å². The fraction of sp³-hybridized carbons (Fsp3) is 0.269. The number of alkyl halides is 3. The van der Waals surface area contributed by atoms with Gasteiger partial charge in [-0.2, -0.15) is 13.2 Å². The van der Waals surface area contributed by atoms with Gasteiger partial charge in [-0.3, -0.25) is 0 Å². The van der Waals surface area contributed by atoms with Crippen molar-refractivity contribution in [1.82, 2.24) is 0 Å². The normalized spacial score (nSPS) is 12.3. The van der Waals surface area contributed by atoms with Gasteiger partial charge in [0.2, 0.25) is 0 Å². The first-order valence-corrected chi connectivity index (χ1v) is 13.0. The topological polar surface area (TPSA) is 69.7 Å². The standard InChI is InChI=1S/C26H24ClF3O5S/c1-25(2,3)35-24(31)15-34-22-12-10-19(27)14-21(22)17-7-11-20(23(13-17)36(4,32)33)16-5-8-18(9-6-16)26(28,29)30/h5-14H,15H2,1-4H3. The van der Waals surface area contributed by atoms with E-state index in [-0.39, 0.29) is 22.8 Å². The zero-order valence-corrected chi connectivity index (χ0v) is 21.5. The van der Waals surface area contributed by atoms with Crippen LogP contribution in [0.5, 0.6) is 5.75 Å². The van der Waals surface area contributed by atoms with Crippen LogP contribution >= 0.6 is 11.6 Å². The molecule has 192 valence electrons. The Kier molecular flexibility index (Phi) is 7.76. The smallest absolute Gasteiger partial charge is 0.416 e. The van der Waals surface area contributed by atoms with Crippen LogP contribution in [0.2, 0.25) is 5.02 Å². The maximum atomic E-state index is 12.9. The largest absolute Gasteiger partial charge is 0.481 e. The molecule has 5 nitrogen and oxygen atoms in total. The second-order valence-corrected chi connectivity index (χ2v) is 11.5. The molecule has 0 bridgehead atoms. The van der Waals surface area contributed by atoms with Crippen molar-refractivity contribution in [3.63, 3.8) is 0 Å². The first-order valence-electron chi connectivity index (χ1n) is 10.7. The van der Waals surface area contributed by atoms with Crippen LogP contribution in [0.1, 0.15) is 26.3 Å². The van der Waals surface area contributed by atoms with E-state index in [2.05, 4.69) is 0 Å². The van der Waals surface area contributed by atoms with Gasteiger partial charge in [0.1, 0.15) is 11.4 Å². The van der Waals surface area contributed by atoms with Crippen molar-refractivity contribution < 1.29 is 35.9 Å². The third kappa shape index (κ3) is 7.01. The molecule has 3 rings (SSSR count). The van der Waals surface area contributed by atoms with E-state index in [1.165, 1.54) is 24.3 Å². The molecule has 0 fully saturated rings. The van der Waals surface area contributed by atoms with Crippen molar-refractivity contribution in [1.29, 1.82) is 0 Å². The summed E-state index contributed by atoms with van der Waals surface area (Å²) in [5.41, 5.74) is -0.130. The van der Waals surface area contributed by atoms with Gasteiger partial charge in [-0.1, -0.05) is 35.9 Å². The van der Waals surface area contributed by atoms with Gasteiger partial charge in [-0.15, -0.1) is 0 Å². The van der Waals surface area contributed by atoms with Crippen LogP contribution in [0.4, 0.5) is 13.2 Å². The van der Waals surface area contributed by atoms with Gasteiger partial charge < -0.3 is 9.47 Å². The number of sulfone groups is 1. The molecule has 0 radical (unpaired) electrons. The third-order valence-electron chi connectivity index (χ3n) is 4.92. The lowest BCUT2D eigenvalue weighted by Crippen LogP contribution is -2.27. The summed E-state index contributed by atoms with van der Waals surface area (Å²) in [6, 6.07) is 13.4. The molecule has 0 aliphatic heterocycles. The first-order chi connectivity index (χ1) is 16.5. The predicted octanol–water partition coefficient (Wildman–Crippen LogP) is 6.82. The van der Waals surface area contributed by atoms with E-state index in [4.69, 9.17) is 21.1 Å². The average Bonchev–Trinajstić information content (AvgIpc) is 2.75. The molecule has 0 amide bonds. The summed E-state index contributed by atoms with van der Waals surface area (Å²) in [5, 5.41) is 0.349. The number of esters is 1. The second-order valence-electron chi connectivity index (χ2n) is 9.07. The maximum Gasteiger partial charge on any atom is 0.416 e. The molecule has 0 atom stereocenters. The number of hydrogen-bond donors (Lipinski definition) is 0. The molecule has 10 heteroatoms. The maximum absolute atomic E-state index is 12.9. The lowest BCUT2D eigenvalue weighted by atomic mass is 9.99. The van der Waals surface area contributed by atoms with Crippen molar-refractivity contribution >= 4 is 27.4 Å². The fourth-order valence-corrected chi connectivity index (χ4v) is 4.53. The Morgan fingerprint density at radius 1 is 0.889 bits per heavy atom. The Hall–Kier alpha value is -3.04. The Balaban J connectivity index is 2.03. The summed E-state index contributed by atoms with van der Waals surface area (Å²) >= 11 is 6.17. The average molecular weight is 541 g/mol. The molecule has 0 aliphatic carbocycles. The van der Waals surface area contributed by atoms with Crippen molar-refractivity contribution in [2.45, 2.75) is 37.4 Å². The van der Waals surface area contributed by atoms with Crippen molar-refractivity contribution in [2.24, 2.45) is 0 Å². The van der Waals surface area contributed by atoms with Crippen LogP contribution in [-0.2, 0) is 25.5 Å². The van der Waals surface area contributed by atoms with Crippen molar-refractivity contribution in [3.05, 3.63) is 71.2 Å². The number of carbonyl (C=O) groups excluding carboxylic acids is 1. The number of hydrogen-bond acceptors (Lipinski definition) is 5. The van der Waals surface area contributed by atoms with Crippen LogP contribution in [0.15, 0.2) is 65.6 Å². The van der Waals surface area contributed by atoms with Crippen molar-refractivity contribution in [2.75, 3.05) is 12.9 Å². The van der Waals surface area contributed by atoms with E-state index in [0.717, 1.165) is 18.4 Å². The number of rotatable bonds is 6. The highest BCUT2D eigenvalue weighted by molar-refractivity contribution is 7.90. The number of benzene rings is 3. The molecule has 0 unspecified atom stereocenters. The SMILES string of the molecule is CC(C)(C)OC(=O)COc1ccc(Cl)cc1-c1ccc(-c2ccc(C(F)(F)F)cc2)c(S(C)(=O)=O)c1. The van der Waals surface area contributed by atoms with Crippen molar-refractivity contribution in [3.8, 4) is 28.0 Å². The zero-order valence-electron chi connectivity index (χ0n) is 19.9. The van der Waals surface area contributed by atoms with Gasteiger partial charge in [-0.25, -0.2) is 13.2 Å². The molecule has 0 saturated carbocycles. The lowest BCUT2D eigenvalue weighted by Gasteiger charge is -2.20. The molecule has 0 aliphatic rings. The fourth-order valence-electron chi connectivity index (χ4n) is 3.44. The molecule has 0 saturated heterocycles. The van der Waals surface area contributed by atoms with E-state index in [9.17, 15) is 26.4 Å². The monoisotopic (exact) mass is 540 g/mol. The molecule has 3 aromatic carbocycles. The minimum absolute atomic E-state index is 0.0853. The molecular weight excluding hydrogens is 517 g/mol. The highest BCUT2D eigenvalue weighted by atomic mass is 35.5. The second kappa shape index (κ2) is 10.1. The number of ether oxygens (including phenoxy) is 2. The minimum atomic E-state index is -4.51. The molecule has 0 aromatic heterocycles. The summed E-state index contributed by atoms with van der Waals surface area (Å²) in [5.74, 6) is -0.315. The van der Waals surface area contributed by atoms with Crippen LogP contribution in [0, 0.1) is 0 Å². The van der Waals surface area contributed by atoms with Crippen LogP contribution in [0.25, 0.3) is 22.3 Å². The highest BCUT2D eigenvalue weighted by Crippen LogP contribution is 2.38. The Morgan fingerprint density at radius 3 is 2.06 bits per heavy atom. The van der Waals surface area contributed by atoms with Gasteiger partial charge in [0.25, 0.3) is 0 Å². The van der Waals surface area contributed by atoms with Crippen LogP contribution in [-0.4, -0.2) is 32.9 Å².